The predicted octanol–water partition coefficient (Wildman–Crippen LogP) is 1.21. The van der Waals surface area contributed by atoms with Crippen LogP contribution in [0.2, 0.25) is 0 Å². The van der Waals surface area contributed by atoms with E-state index in [0.29, 0.717) is 6.54 Å². The Labute approximate surface area is 108 Å². The highest BCUT2D eigenvalue weighted by Gasteiger charge is 2.35. The zero-order valence-corrected chi connectivity index (χ0v) is 11.4. The summed E-state index contributed by atoms with van der Waals surface area (Å²) in [6.07, 6.45) is 4.03. The molecule has 0 aromatic carbocycles. The van der Waals surface area contributed by atoms with Gasteiger partial charge >= 0.3 is 0 Å². The van der Waals surface area contributed by atoms with Gasteiger partial charge in [-0.25, -0.2) is 4.98 Å². The molecule has 5 heteroatoms. The summed E-state index contributed by atoms with van der Waals surface area (Å²) in [5, 5.41) is 2.98. The Bertz CT molecular complexity index is 418. The maximum absolute atomic E-state index is 12.3. The summed E-state index contributed by atoms with van der Waals surface area (Å²) in [5.74, 6) is 0.0757. The minimum atomic E-state index is -0.430. The van der Waals surface area contributed by atoms with Crippen molar-refractivity contribution in [3.63, 3.8) is 0 Å². The molecular formula is C13H22N4O. The fourth-order valence-corrected chi connectivity index (χ4v) is 2.37. The van der Waals surface area contributed by atoms with E-state index in [-0.39, 0.29) is 5.91 Å². The molecule has 0 spiro atoms. The molecule has 0 aliphatic carbocycles. The maximum Gasteiger partial charge on any atom is 0.240 e. The molecule has 0 unspecified atom stereocenters. The van der Waals surface area contributed by atoms with E-state index < -0.39 is 5.54 Å². The summed E-state index contributed by atoms with van der Waals surface area (Å²) in [6.45, 7) is 8.46. The molecule has 18 heavy (non-hydrogen) atoms. The van der Waals surface area contributed by atoms with Gasteiger partial charge in [0, 0.05) is 5.69 Å². The Balaban J connectivity index is 1.93. The summed E-state index contributed by atoms with van der Waals surface area (Å²) in [5.41, 5.74) is 1.48. The summed E-state index contributed by atoms with van der Waals surface area (Å²) in [6, 6.07) is 0. The Morgan fingerprint density at radius 1 is 1.50 bits per heavy atom. The standard InChI is InChI=1S/C13H22N4O/c1-10-11(16-9-15-10)8-14-12(18)13(2,3)17-6-4-5-7-17/h9H,4-8H2,1-3H3,(H,14,18)(H,15,16). The van der Waals surface area contributed by atoms with Crippen molar-refractivity contribution in [3.05, 3.63) is 17.7 Å². The number of aromatic nitrogens is 2. The van der Waals surface area contributed by atoms with Gasteiger partial charge in [-0.3, -0.25) is 9.69 Å². The van der Waals surface area contributed by atoms with Crippen LogP contribution < -0.4 is 5.32 Å². The molecule has 1 fully saturated rings. The molecule has 0 radical (unpaired) electrons. The van der Waals surface area contributed by atoms with Gasteiger partial charge in [0.15, 0.2) is 0 Å². The number of carbonyl (C=O) groups excluding carboxylic acids is 1. The summed E-state index contributed by atoms with van der Waals surface area (Å²) >= 11 is 0. The highest BCUT2D eigenvalue weighted by molar-refractivity contribution is 5.85. The highest BCUT2D eigenvalue weighted by Crippen LogP contribution is 2.21. The number of nitrogens with one attached hydrogen (secondary N) is 2. The van der Waals surface area contributed by atoms with Crippen molar-refractivity contribution in [2.45, 2.75) is 45.7 Å². The van der Waals surface area contributed by atoms with Crippen LogP contribution in [-0.2, 0) is 11.3 Å². The Hall–Kier alpha value is -1.36. The van der Waals surface area contributed by atoms with Crippen LogP contribution in [-0.4, -0.2) is 39.4 Å². The number of aryl methyl sites for hydroxylation is 1. The monoisotopic (exact) mass is 250 g/mol. The van der Waals surface area contributed by atoms with Crippen LogP contribution in [0.5, 0.6) is 0 Å². The number of carbonyl (C=O) groups is 1. The van der Waals surface area contributed by atoms with E-state index in [4.69, 9.17) is 0 Å². The van der Waals surface area contributed by atoms with E-state index in [1.165, 1.54) is 12.8 Å². The van der Waals surface area contributed by atoms with Crippen LogP contribution in [0.25, 0.3) is 0 Å². The SMILES string of the molecule is Cc1[nH]cnc1CNC(=O)C(C)(C)N1CCCC1. The first-order valence-electron chi connectivity index (χ1n) is 6.54. The van der Waals surface area contributed by atoms with Crippen LogP contribution in [0, 0.1) is 6.92 Å². The van der Waals surface area contributed by atoms with E-state index in [1.54, 1.807) is 6.33 Å². The van der Waals surface area contributed by atoms with Crippen molar-refractivity contribution >= 4 is 5.91 Å². The zero-order chi connectivity index (χ0) is 13.2. The Kier molecular flexibility index (Phi) is 3.71. The lowest BCUT2D eigenvalue weighted by Crippen LogP contribution is -2.53. The molecule has 5 nitrogen and oxygen atoms in total. The molecule has 1 aromatic rings. The Morgan fingerprint density at radius 2 is 2.17 bits per heavy atom. The zero-order valence-electron chi connectivity index (χ0n) is 11.4. The lowest BCUT2D eigenvalue weighted by atomic mass is 10.0. The second-order valence-corrected chi connectivity index (χ2v) is 5.41. The first kappa shape index (κ1) is 13.1. The molecule has 1 amide bonds. The molecule has 2 heterocycles. The lowest BCUT2D eigenvalue weighted by molar-refractivity contribution is -0.131. The molecule has 2 N–H and O–H groups in total. The third kappa shape index (κ3) is 2.56. The first-order chi connectivity index (χ1) is 8.51. The number of likely N-dealkylation sites (tertiary alicyclic amines) is 1. The fraction of sp³-hybridized carbons (Fsp3) is 0.692. The van der Waals surface area contributed by atoms with Gasteiger partial charge in [0.25, 0.3) is 0 Å². The highest BCUT2D eigenvalue weighted by atomic mass is 16.2. The molecule has 1 aliphatic rings. The average molecular weight is 250 g/mol. The van der Waals surface area contributed by atoms with Gasteiger partial charge in [0.05, 0.1) is 24.1 Å². The summed E-state index contributed by atoms with van der Waals surface area (Å²) in [4.78, 5) is 21.7. The van der Waals surface area contributed by atoms with Crippen molar-refractivity contribution in [3.8, 4) is 0 Å². The van der Waals surface area contributed by atoms with Crippen LogP contribution in [0.4, 0.5) is 0 Å². The van der Waals surface area contributed by atoms with Crippen LogP contribution in [0.3, 0.4) is 0 Å². The second kappa shape index (κ2) is 5.10. The number of imidazole rings is 1. The van der Waals surface area contributed by atoms with Crippen LogP contribution in [0.15, 0.2) is 6.33 Å². The third-order valence-electron chi connectivity index (χ3n) is 3.80. The number of H-pyrrole nitrogens is 1. The molecule has 0 bridgehead atoms. The topological polar surface area (TPSA) is 61.0 Å². The van der Waals surface area contributed by atoms with Gasteiger partial charge in [-0.15, -0.1) is 0 Å². The van der Waals surface area contributed by atoms with E-state index in [9.17, 15) is 4.79 Å². The minimum Gasteiger partial charge on any atom is -0.349 e. The van der Waals surface area contributed by atoms with E-state index in [0.717, 1.165) is 24.5 Å². The van der Waals surface area contributed by atoms with Gasteiger partial charge in [0.2, 0.25) is 5.91 Å². The average Bonchev–Trinajstić information content (AvgIpc) is 2.97. The van der Waals surface area contributed by atoms with Gasteiger partial charge in [-0.05, 0) is 46.7 Å². The largest absolute Gasteiger partial charge is 0.349 e. The number of rotatable bonds is 4. The molecule has 1 aromatic heterocycles. The molecule has 1 saturated heterocycles. The van der Waals surface area contributed by atoms with E-state index in [1.807, 2.05) is 20.8 Å². The molecule has 2 rings (SSSR count). The molecule has 100 valence electrons. The quantitative estimate of drug-likeness (QED) is 0.844. The number of hydrogen-bond acceptors (Lipinski definition) is 3. The number of nitrogens with zero attached hydrogens (tertiary/aromatic N) is 2. The predicted molar refractivity (Wildman–Crippen MR) is 70.1 cm³/mol. The number of aromatic amines is 1. The third-order valence-corrected chi connectivity index (χ3v) is 3.80. The van der Waals surface area contributed by atoms with Crippen molar-refractivity contribution in [1.82, 2.24) is 20.2 Å². The smallest absolute Gasteiger partial charge is 0.240 e. The van der Waals surface area contributed by atoms with Crippen molar-refractivity contribution < 1.29 is 4.79 Å². The van der Waals surface area contributed by atoms with Gasteiger partial charge in [-0.1, -0.05) is 0 Å². The lowest BCUT2D eigenvalue weighted by Gasteiger charge is -2.33. The van der Waals surface area contributed by atoms with Gasteiger partial charge < -0.3 is 10.3 Å². The van der Waals surface area contributed by atoms with Crippen LogP contribution >= 0.6 is 0 Å². The summed E-state index contributed by atoms with van der Waals surface area (Å²) in [7, 11) is 0. The van der Waals surface area contributed by atoms with Crippen molar-refractivity contribution in [1.29, 1.82) is 0 Å². The molecule has 0 saturated carbocycles. The van der Waals surface area contributed by atoms with E-state index in [2.05, 4.69) is 20.2 Å². The first-order valence-corrected chi connectivity index (χ1v) is 6.54. The second-order valence-electron chi connectivity index (χ2n) is 5.41. The van der Waals surface area contributed by atoms with Gasteiger partial charge in [-0.2, -0.15) is 0 Å². The van der Waals surface area contributed by atoms with E-state index >= 15 is 0 Å². The minimum absolute atomic E-state index is 0.0757. The van der Waals surface area contributed by atoms with Gasteiger partial charge in [0.1, 0.15) is 0 Å². The van der Waals surface area contributed by atoms with Crippen molar-refractivity contribution in [2.75, 3.05) is 13.1 Å². The van der Waals surface area contributed by atoms with Crippen LogP contribution in [0.1, 0.15) is 38.1 Å². The molecule has 1 aliphatic heterocycles. The number of amides is 1. The number of hydrogen-bond donors (Lipinski definition) is 2. The maximum atomic E-state index is 12.3. The Morgan fingerprint density at radius 3 is 2.72 bits per heavy atom. The summed E-state index contributed by atoms with van der Waals surface area (Å²) < 4.78 is 0. The molecular weight excluding hydrogens is 228 g/mol. The normalized spacial score (nSPS) is 17.1. The van der Waals surface area contributed by atoms with Crippen molar-refractivity contribution in [2.24, 2.45) is 0 Å². The molecule has 0 atom stereocenters. The fourth-order valence-electron chi connectivity index (χ4n) is 2.37.